The van der Waals surface area contributed by atoms with Gasteiger partial charge in [-0.15, -0.1) is 0 Å². The Morgan fingerprint density at radius 1 is 1.27 bits per heavy atom. The number of nitrogens with one attached hydrogen (secondary N) is 2. The van der Waals surface area contributed by atoms with Gasteiger partial charge < -0.3 is 21.1 Å². The number of pyridine rings is 1. The molecule has 4 rings (SSSR count). The van der Waals surface area contributed by atoms with Crippen molar-refractivity contribution in [2.45, 2.75) is 18.8 Å². The summed E-state index contributed by atoms with van der Waals surface area (Å²) in [5.74, 6) is 0. The summed E-state index contributed by atoms with van der Waals surface area (Å²) in [6, 6.07) is 16.1. The second kappa shape index (κ2) is 6.85. The van der Waals surface area contributed by atoms with Crippen molar-refractivity contribution in [2.75, 3.05) is 18.4 Å². The van der Waals surface area contributed by atoms with E-state index in [0.29, 0.717) is 11.6 Å². The highest BCUT2D eigenvalue weighted by Crippen LogP contribution is 2.31. The highest BCUT2D eigenvalue weighted by Gasteiger charge is 2.33. The summed E-state index contributed by atoms with van der Waals surface area (Å²) in [5, 5.41) is 8.42. The third-order valence-electron chi connectivity index (χ3n) is 4.65. The van der Waals surface area contributed by atoms with Crippen LogP contribution in [-0.2, 0) is 10.3 Å². The van der Waals surface area contributed by atoms with E-state index >= 15 is 0 Å². The summed E-state index contributed by atoms with van der Waals surface area (Å²) in [7, 11) is 0. The van der Waals surface area contributed by atoms with Crippen LogP contribution in [0.4, 0.5) is 11.4 Å². The first-order chi connectivity index (χ1) is 12.5. The number of hydrogen-bond donors (Lipinski definition) is 3. The molecule has 4 N–H and O–H groups in total. The fraction of sp³-hybridized carbons (Fsp3) is 0.250. The number of halogens is 1. The molecule has 3 aromatic rings. The molecule has 0 saturated carbocycles. The van der Waals surface area contributed by atoms with Crippen molar-refractivity contribution < 1.29 is 4.74 Å². The van der Waals surface area contributed by atoms with Gasteiger partial charge in [0.1, 0.15) is 11.8 Å². The van der Waals surface area contributed by atoms with Crippen LogP contribution < -0.4 is 16.4 Å². The minimum atomic E-state index is -0.458. The maximum absolute atomic E-state index is 6.05. The van der Waals surface area contributed by atoms with Gasteiger partial charge in [-0.1, -0.05) is 35.9 Å². The Balaban J connectivity index is 1.66. The molecule has 1 saturated heterocycles. The van der Waals surface area contributed by atoms with Crippen LogP contribution in [-0.4, -0.2) is 24.3 Å². The SMILES string of the molecule is CC1(c2cccc(Nc3cccc4cc(Cl)cnc34)c2)CNCC(N)O1. The molecule has 2 heterocycles. The largest absolute Gasteiger partial charge is 0.354 e. The van der Waals surface area contributed by atoms with Gasteiger partial charge in [0.15, 0.2) is 0 Å². The third kappa shape index (κ3) is 3.39. The van der Waals surface area contributed by atoms with Crippen molar-refractivity contribution in [1.29, 1.82) is 0 Å². The fourth-order valence-corrected chi connectivity index (χ4v) is 3.52. The van der Waals surface area contributed by atoms with E-state index in [2.05, 4.69) is 34.7 Å². The van der Waals surface area contributed by atoms with E-state index in [1.807, 2.05) is 36.4 Å². The van der Waals surface area contributed by atoms with E-state index in [-0.39, 0.29) is 6.23 Å². The van der Waals surface area contributed by atoms with Crippen LogP contribution in [0.1, 0.15) is 12.5 Å². The molecule has 2 atom stereocenters. The van der Waals surface area contributed by atoms with Gasteiger partial charge in [-0.3, -0.25) is 4.98 Å². The molecular formula is C20H21ClN4O. The maximum Gasteiger partial charge on any atom is 0.119 e. The van der Waals surface area contributed by atoms with Crippen molar-refractivity contribution >= 4 is 33.9 Å². The summed E-state index contributed by atoms with van der Waals surface area (Å²) in [4.78, 5) is 4.47. The topological polar surface area (TPSA) is 72.2 Å². The number of anilines is 2. The van der Waals surface area contributed by atoms with Crippen LogP contribution in [0.3, 0.4) is 0 Å². The Labute approximate surface area is 157 Å². The number of benzene rings is 2. The number of ether oxygens (including phenoxy) is 1. The van der Waals surface area contributed by atoms with E-state index in [1.54, 1.807) is 6.20 Å². The van der Waals surface area contributed by atoms with Gasteiger partial charge in [-0.25, -0.2) is 0 Å². The van der Waals surface area contributed by atoms with Crippen LogP contribution in [0.15, 0.2) is 54.7 Å². The van der Waals surface area contributed by atoms with E-state index in [9.17, 15) is 0 Å². The Morgan fingerprint density at radius 2 is 2.12 bits per heavy atom. The normalized spacial score (nSPS) is 23.1. The summed E-state index contributed by atoms with van der Waals surface area (Å²) in [6.45, 7) is 3.44. The van der Waals surface area contributed by atoms with E-state index < -0.39 is 5.60 Å². The summed E-state index contributed by atoms with van der Waals surface area (Å²) in [6.07, 6.45) is 1.35. The number of nitrogens with zero attached hydrogens (tertiary/aromatic N) is 1. The highest BCUT2D eigenvalue weighted by molar-refractivity contribution is 6.31. The molecular weight excluding hydrogens is 348 g/mol. The van der Waals surface area contributed by atoms with Crippen molar-refractivity contribution in [1.82, 2.24) is 10.3 Å². The van der Waals surface area contributed by atoms with Gasteiger partial charge in [0, 0.05) is 30.4 Å². The van der Waals surface area contributed by atoms with Crippen LogP contribution in [0, 0.1) is 0 Å². The average molecular weight is 369 g/mol. The zero-order valence-electron chi connectivity index (χ0n) is 14.5. The van der Waals surface area contributed by atoms with Crippen LogP contribution >= 0.6 is 11.6 Å². The predicted octanol–water partition coefficient (Wildman–Crippen LogP) is 3.75. The zero-order valence-corrected chi connectivity index (χ0v) is 15.3. The van der Waals surface area contributed by atoms with Crippen LogP contribution in [0.5, 0.6) is 0 Å². The van der Waals surface area contributed by atoms with Gasteiger partial charge >= 0.3 is 0 Å². The van der Waals surface area contributed by atoms with Gasteiger partial charge in [0.25, 0.3) is 0 Å². The number of fused-ring (bicyclic) bond motifs is 1. The number of aromatic nitrogens is 1. The van der Waals surface area contributed by atoms with Crippen LogP contribution in [0.2, 0.25) is 5.02 Å². The van der Waals surface area contributed by atoms with Crippen molar-refractivity contribution in [3.63, 3.8) is 0 Å². The molecule has 0 radical (unpaired) electrons. The lowest BCUT2D eigenvalue weighted by molar-refractivity contribution is -0.107. The molecule has 0 spiro atoms. The van der Waals surface area contributed by atoms with Gasteiger partial charge in [-0.2, -0.15) is 0 Å². The number of para-hydroxylation sites is 1. The van der Waals surface area contributed by atoms with Crippen molar-refractivity contribution in [2.24, 2.45) is 5.73 Å². The Morgan fingerprint density at radius 3 is 2.96 bits per heavy atom. The second-order valence-electron chi connectivity index (χ2n) is 6.75. The standard InChI is InChI=1S/C20H21ClN4O/c1-20(12-23-11-18(22)26-20)14-5-3-6-16(9-14)25-17-7-2-4-13-8-15(21)10-24-19(13)17/h2-10,18,23,25H,11-12,22H2,1H3. The van der Waals surface area contributed by atoms with Crippen LogP contribution in [0.25, 0.3) is 10.9 Å². The molecule has 26 heavy (non-hydrogen) atoms. The van der Waals surface area contributed by atoms with E-state index in [0.717, 1.165) is 34.4 Å². The lowest BCUT2D eigenvalue weighted by Gasteiger charge is -2.38. The smallest absolute Gasteiger partial charge is 0.119 e. The first kappa shape index (κ1) is 17.2. The van der Waals surface area contributed by atoms with Crippen molar-refractivity contribution in [3.8, 4) is 0 Å². The number of nitrogens with two attached hydrogens (primary N) is 1. The molecule has 6 heteroatoms. The first-order valence-electron chi connectivity index (χ1n) is 8.59. The molecule has 0 amide bonds. The molecule has 2 aromatic carbocycles. The molecule has 1 fully saturated rings. The molecule has 1 aromatic heterocycles. The number of hydrogen-bond acceptors (Lipinski definition) is 5. The summed E-state index contributed by atoms with van der Waals surface area (Å²) >= 11 is 6.05. The molecule has 2 unspecified atom stereocenters. The third-order valence-corrected chi connectivity index (χ3v) is 4.86. The summed E-state index contributed by atoms with van der Waals surface area (Å²) < 4.78 is 6.01. The second-order valence-corrected chi connectivity index (χ2v) is 7.19. The molecule has 1 aliphatic rings. The van der Waals surface area contributed by atoms with Crippen molar-refractivity contribution in [3.05, 3.63) is 65.3 Å². The fourth-order valence-electron chi connectivity index (χ4n) is 3.36. The highest BCUT2D eigenvalue weighted by atomic mass is 35.5. The number of morpholine rings is 1. The van der Waals surface area contributed by atoms with Gasteiger partial charge in [0.2, 0.25) is 0 Å². The quantitative estimate of drug-likeness (QED) is 0.656. The van der Waals surface area contributed by atoms with E-state index in [4.69, 9.17) is 22.1 Å². The van der Waals surface area contributed by atoms with Gasteiger partial charge in [0.05, 0.1) is 16.2 Å². The minimum Gasteiger partial charge on any atom is -0.354 e. The number of rotatable bonds is 3. The summed E-state index contributed by atoms with van der Waals surface area (Å²) in [5.41, 5.74) is 9.36. The molecule has 1 aliphatic heterocycles. The molecule has 0 aliphatic carbocycles. The zero-order chi connectivity index (χ0) is 18.1. The van der Waals surface area contributed by atoms with Gasteiger partial charge in [-0.05, 0) is 36.8 Å². The Hall–Kier alpha value is -2.18. The Kier molecular flexibility index (Phi) is 4.54. The molecule has 134 valence electrons. The van der Waals surface area contributed by atoms with E-state index in [1.165, 1.54) is 0 Å². The average Bonchev–Trinajstić information content (AvgIpc) is 2.62. The lowest BCUT2D eigenvalue weighted by atomic mass is 9.94. The maximum atomic E-state index is 6.05. The predicted molar refractivity (Wildman–Crippen MR) is 106 cm³/mol. The monoisotopic (exact) mass is 368 g/mol. The first-order valence-corrected chi connectivity index (χ1v) is 8.97. The molecule has 5 nitrogen and oxygen atoms in total. The molecule has 0 bridgehead atoms. The Bertz CT molecular complexity index is 948. The minimum absolute atomic E-state index is 0.308. The lowest BCUT2D eigenvalue weighted by Crippen LogP contribution is -2.53.